The fourth-order valence-corrected chi connectivity index (χ4v) is 3.41. The summed E-state index contributed by atoms with van der Waals surface area (Å²) in [7, 11) is 0. The first-order chi connectivity index (χ1) is 8.84. The smallest absolute Gasteiger partial charge is 0.0315 e. The maximum atomic E-state index is 4.22. The molecule has 1 N–H and O–H groups in total. The van der Waals surface area contributed by atoms with Gasteiger partial charge in [0, 0.05) is 37.6 Å². The molecular formula is C15H23N3. The van der Waals surface area contributed by atoms with Gasteiger partial charge >= 0.3 is 0 Å². The number of hydrogen-bond donors (Lipinski definition) is 1. The maximum Gasteiger partial charge on any atom is 0.0315 e. The Morgan fingerprint density at radius 1 is 1.33 bits per heavy atom. The van der Waals surface area contributed by atoms with E-state index in [-0.39, 0.29) is 0 Å². The van der Waals surface area contributed by atoms with Crippen LogP contribution >= 0.6 is 0 Å². The van der Waals surface area contributed by atoms with Crippen molar-refractivity contribution >= 4 is 0 Å². The second-order valence-electron chi connectivity index (χ2n) is 5.68. The summed E-state index contributed by atoms with van der Waals surface area (Å²) in [5, 5.41) is 3.76. The molecule has 0 spiro atoms. The molecule has 3 nitrogen and oxygen atoms in total. The average Bonchev–Trinajstić information content (AvgIpc) is 2.81. The van der Waals surface area contributed by atoms with Crippen LogP contribution in [0, 0.1) is 6.92 Å². The van der Waals surface area contributed by atoms with E-state index in [2.05, 4.69) is 28.2 Å². The van der Waals surface area contributed by atoms with Gasteiger partial charge in [0.2, 0.25) is 0 Å². The zero-order chi connectivity index (χ0) is 12.4. The van der Waals surface area contributed by atoms with E-state index < -0.39 is 0 Å². The molecule has 98 valence electrons. The highest BCUT2D eigenvalue weighted by atomic mass is 15.2. The molecule has 3 rings (SSSR count). The summed E-state index contributed by atoms with van der Waals surface area (Å²) >= 11 is 0. The molecule has 2 atom stereocenters. The van der Waals surface area contributed by atoms with Crippen molar-refractivity contribution in [2.45, 2.75) is 51.2 Å². The van der Waals surface area contributed by atoms with E-state index in [1.807, 2.05) is 12.4 Å². The Bertz CT molecular complexity index is 404. The van der Waals surface area contributed by atoms with Crippen molar-refractivity contribution in [2.24, 2.45) is 0 Å². The van der Waals surface area contributed by atoms with Gasteiger partial charge in [-0.25, -0.2) is 0 Å². The molecule has 1 aromatic heterocycles. The van der Waals surface area contributed by atoms with E-state index in [4.69, 9.17) is 0 Å². The number of hydrogen-bond acceptors (Lipinski definition) is 3. The lowest BCUT2D eigenvalue weighted by Crippen LogP contribution is -2.44. The number of nitrogens with one attached hydrogen (secondary N) is 1. The van der Waals surface area contributed by atoms with Gasteiger partial charge in [-0.2, -0.15) is 0 Å². The summed E-state index contributed by atoms with van der Waals surface area (Å²) in [4.78, 5) is 6.90. The van der Waals surface area contributed by atoms with Crippen LogP contribution in [0.4, 0.5) is 0 Å². The van der Waals surface area contributed by atoms with Crippen LogP contribution in [0.1, 0.15) is 36.8 Å². The van der Waals surface area contributed by atoms with Gasteiger partial charge in [0.05, 0.1) is 0 Å². The van der Waals surface area contributed by atoms with Crippen molar-refractivity contribution in [2.75, 3.05) is 13.1 Å². The van der Waals surface area contributed by atoms with Crippen LogP contribution in [0.5, 0.6) is 0 Å². The van der Waals surface area contributed by atoms with Gasteiger partial charge in [-0.3, -0.25) is 9.88 Å². The van der Waals surface area contributed by atoms with E-state index in [1.54, 1.807) is 0 Å². The minimum Gasteiger partial charge on any atom is -0.308 e. The van der Waals surface area contributed by atoms with Crippen LogP contribution in [0.25, 0.3) is 0 Å². The van der Waals surface area contributed by atoms with Crippen molar-refractivity contribution in [3.8, 4) is 0 Å². The molecule has 3 heterocycles. The van der Waals surface area contributed by atoms with E-state index in [1.165, 1.54) is 49.9 Å². The molecule has 18 heavy (non-hydrogen) atoms. The molecule has 3 heteroatoms. The number of fused-ring (bicyclic) bond motifs is 1. The van der Waals surface area contributed by atoms with Crippen LogP contribution in [0.15, 0.2) is 18.5 Å². The summed E-state index contributed by atoms with van der Waals surface area (Å²) in [5.74, 6) is 0. The van der Waals surface area contributed by atoms with Gasteiger partial charge in [0.1, 0.15) is 0 Å². The summed E-state index contributed by atoms with van der Waals surface area (Å²) in [6.07, 6.45) is 9.36. The standard InChI is InChI=1S/C15H23N3/c1-12-5-7-16-10-13(12)11-17-14-6-9-18-8-3-2-4-15(14)18/h5,7,10,14-15,17H,2-4,6,8-9,11H2,1H3. The van der Waals surface area contributed by atoms with Crippen LogP contribution < -0.4 is 5.32 Å². The Labute approximate surface area is 110 Å². The summed E-state index contributed by atoms with van der Waals surface area (Å²) in [5.41, 5.74) is 2.68. The minimum atomic E-state index is 0.685. The third-order valence-electron chi connectivity index (χ3n) is 4.56. The van der Waals surface area contributed by atoms with Crippen molar-refractivity contribution in [1.29, 1.82) is 0 Å². The molecule has 0 saturated carbocycles. The SMILES string of the molecule is Cc1ccncc1CNC1CCN2CCCCC12. The molecule has 1 aromatic rings. The number of aromatic nitrogens is 1. The van der Waals surface area contributed by atoms with Crippen molar-refractivity contribution in [1.82, 2.24) is 15.2 Å². The lowest BCUT2D eigenvalue weighted by molar-refractivity contribution is 0.180. The lowest BCUT2D eigenvalue weighted by Gasteiger charge is -2.32. The summed E-state index contributed by atoms with van der Waals surface area (Å²) in [6.45, 7) is 5.73. The first kappa shape index (κ1) is 12.1. The van der Waals surface area contributed by atoms with Gasteiger partial charge in [-0.1, -0.05) is 6.42 Å². The van der Waals surface area contributed by atoms with E-state index in [0.717, 1.165) is 12.6 Å². The second kappa shape index (κ2) is 5.37. The predicted molar refractivity (Wildman–Crippen MR) is 73.4 cm³/mol. The maximum absolute atomic E-state index is 4.22. The Balaban J connectivity index is 1.59. The van der Waals surface area contributed by atoms with Crippen LogP contribution in [-0.4, -0.2) is 35.1 Å². The molecular weight excluding hydrogens is 222 g/mol. The fraction of sp³-hybridized carbons (Fsp3) is 0.667. The topological polar surface area (TPSA) is 28.2 Å². The first-order valence-electron chi connectivity index (χ1n) is 7.21. The highest BCUT2D eigenvalue weighted by Gasteiger charge is 2.34. The second-order valence-corrected chi connectivity index (χ2v) is 5.68. The van der Waals surface area contributed by atoms with Gasteiger partial charge < -0.3 is 5.32 Å². The molecule has 0 aromatic carbocycles. The molecule has 2 unspecified atom stereocenters. The lowest BCUT2D eigenvalue weighted by atomic mass is 9.99. The molecule has 0 amide bonds. The zero-order valence-electron chi connectivity index (χ0n) is 11.2. The normalized spacial score (nSPS) is 28.3. The van der Waals surface area contributed by atoms with E-state index in [0.29, 0.717) is 6.04 Å². The third kappa shape index (κ3) is 2.43. The van der Waals surface area contributed by atoms with Gasteiger partial charge in [-0.05, 0) is 49.9 Å². The van der Waals surface area contributed by atoms with Crippen LogP contribution in [0.3, 0.4) is 0 Å². The highest BCUT2D eigenvalue weighted by molar-refractivity contribution is 5.21. The van der Waals surface area contributed by atoms with Gasteiger partial charge in [0.15, 0.2) is 0 Å². The zero-order valence-corrected chi connectivity index (χ0v) is 11.2. The molecule has 0 radical (unpaired) electrons. The van der Waals surface area contributed by atoms with Crippen molar-refractivity contribution in [3.05, 3.63) is 29.6 Å². The Morgan fingerprint density at radius 3 is 3.17 bits per heavy atom. The first-order valence-corrected chi connectivity index (χ1v) is 7.21. The monoisotopic (exact) mass is 245 g/mol. The van der Waals surface area contributed by atoms with Crippen molar-refractivity contribution in [3.63, 3.8) is 0 Å². The third-order valence-corrected chi connectivity index (χ3v) is 4.56. The number of rotatable bonds is 3. The minimum absolute atomic E-state index is 0.685. The molecule has 2 fully saturated rings. The average molecular weight is 245 g/mol. The van der Waals surface area contributed by atoms with Crippen molar-refractivity contribution < 1.29 is 0 Å². The van der Waals surface area contributed by atoms with Crippen LogP contribution in [0.2, 0.25) is 0 Å². The summed E-state index contributed by atoms with van der Waals surface area (Å²) < 4.78 is 0. The van der Waals surface area contributed by atoms with Gasteiger partial charge in [-0.15, -0.1) is 0 Å². The largest absolute Gasteiger partial charge is 0.308 e. The van der Waals surface area contributed by atoms with E-state index in [9.17, 15) is 0 Å². The number of aryl methyl sites for hydroxylation is 1. The predicted octanol–water partition coefficient (Wildman–Crippen LogP) is 2.11. The van der Waals surface area contributed by atoms with Crippen LogP contribution in [-0.2, 0) is 6.54 Å². The number of piperidine rings is 1. The molecule has 0 aliphatic carbocycles. The van der Waals surface area contributed by atoms with Gasteiger partial charge in [0.25, 0.3) is 0 Å². The molecule has 0 bridgehead atoms. The quantitative estimate of drug-likeness (QED) is 0.884. The number of pyridine rings is 1. The Hall–Kier alpha value is -0.930. The Morgan fingerprint density at radius 2 is 2.28 bits per heavy atom. The highest BCUT2D eigenvalue weighted by Crippen LogP contribution is 2.27. The Kier molecular flexibility index (Phi) is 3.62. The van der Waals surface area contributed by atoms with E-state index >= 15 is 0 Å². The fourth-order valence-electron chi connectivity index (χ4n) is 3.41. The summed E-state index contributed by atoms with van der Waals surface area (Å²) in [6, 6.07) is 3.57. The molecule has 2 aliphatic heterocycles. The number of nitrogens with zero attached hydrogens (tertiary/aromatic N) is 2. The molecule has 2 aliphatic rings. The molecule has 2 saturated heterocycles.